The monoisotopic (exact) mass is 579 g/mol. The first kappa shape index (κ1) is 29.3. The van der Waals surface area contributed by atoms with Crippen LogP contribution in [0.4, 0.5) is 0 Å². The lowest BCUT2D eigenvalue weighted by Crippen LogP contribution is -2.29. The lowest BCUT2D eigenvalue weighted by atomic mass is 9.94. The summed E-state index contributed by atoms with van der Waals surface area (Å²) in [5.41, 5.74) is 3.56. The van der Waals surface area contributed by atoms with Crippen LogP contribution in [0, 0.1) is 6.92 Å². The Hall–Kier alpha value is -5.24. The van der Waals surface area contributed by atoms with Crippen molar-refractivity contribution in [3.05, 3.63) is 124 Å². The fourth-order valence-corrected chi connectivity index (χ4v) is 5.23. The Labute approximate surface area is 250 Å². The summed E-state index contributed by atoms with van der Waals surface area (Å²) in [7, 11) is 4.62. The van der Waals surface area contributed by atoms with Crippen molar-refractivity contribution in [2.75, 3.05) is 21.3 Å². The van der Waals surface area contributed by atoms with Gasteiger partial charge in [-0.2, -0.15) is 0 Å². The molecule has 0 radical (unpaired) electrons. The molecule has 1 aliphatic heterocycles. The van der Waals surface area contributed by atoms with Gasteiger partial charge in [0.25, 0.3) is 11.7 Å². The maximum atomic E-state index is 13.6. The van der Waals surface area contributed by atoms with E-state index in [9.17, 15) is 14.7 Å². The number of hydrogen-bond acceptors (Lipinski definition) is 7. The predicted molar refractivity (Wildman–Crippen MR) is 162 cm³/mol. The zero-order valence-corrected chi connectivity index (χ0v) is 24.5. The Morgan fingerprint density at radius 3 is 2.21 bits per heavy atom. The van der Waals surface area contributed by atoms with Gasteiger partial charge in [0.2, 0.25) is 0 Å². The number of ketones is 1. The summed E-state index contributed by atoms with van der Waals surface area (Å²) >= 11 is 0. The topological polar surface area (TPSA) is 94.5 Å². The normalized spacial score (nSPS) is 15.8. The first-order valence-corrected chi connectivity index (χ1v) is 13.8. The van der Waals surface area contributed by atoms with Gasteiger partial charge in [0.15, 0.2) is 11.5 Å². The molecule has 1 heterocycles. The Morgan fingerprint density at radius 2 is 1.51 bits per heavy atom. The first-order chi connectivity index (χ1) is 20.8. The molecule has 0 aliphatic carbocycles. The number of carbonyl (C=O) groups is 2. The summed E-state index contributed by atoms with van der Waals surface area (Å²) in [4.78, 5) is 28.6. The maximum absolute atomic E-state index is 13.6. The summed E-state index contributed by atoms with van der Waals surface area (Å²) in [6.07, 6.45) is 0. The molecule has 0 saturated carbocycles. The molecule has 1 N–H and O–H groups in total. The van der Waals surface area contributed by atoms with E-state index in [1.165, 1.54) is 12.0 Å². The summed E-state index contributed by atoms with van der Waals surface area (Å²) in [5, 5.41) is 11.6. The van der Waals surface area contributed by atoms with E-state index in [1.807, 2.05) is 37.3 Å². The van der Waals surface area contributed by atoms with Crippen molar-refractivity contribution in [3.63, 3.8) is 0 Å². The zero-order chi connectivity index (χ0) is 30.5. The largest absolute Gasteiger partial charge is 0.507 e. The van der Waals surface area contributed by atoms with Gasteiger partial charge < -0.3 is 29.0 Å². The summed E-state index contributed by atoms with van der Waals surface area (Å²) < 4.78 is 22.2. The Bertz CT molecular complexity index is 1680. The quantitative estimate of drug-likeness (QED) is 0.135. The van der Waals surface area contributed by atoms with E-state index in [1.54, 1.807) is 74.9 Å². The minimum Gasteiger partial charge on any atom is -0.507 e. The highest BCUT2D eigenvalue weighted by molar-refractivity contribution is 6.46. The molecule has 1 atom stereocenters. The summed E-state index contributed by atoms with van der Waals surface area (Å²) in [6.45, 7) is 2.35. The number of ether oxygens (including phenoxy) is 4. The van der Waals surface area contributed by atoms with Crippen LogP contribution in [0.3, 0.4) is 0 Å². The van der Waals surface area contributed by atoms with Gasteiger partial charge in [-0.15, -0.1) is 0 Å². The van der Waals surface area contributed by atoms with E-state index in [-0.39, 0.29) is 17.9 Å². The second-order valence-electron chi connectivity index (χ2n) is 10.1. The van der Waals surface area contributed by atoms with Gasteiger partial charge in [0, 0.05) is 12.1 Å². The van der Waals surface area contributed by atoms with Crippen molar-refractivity contribution in [1.29, 1.82) is 0 Å². The number of aliphatic hydroxyl groups is 1. The highest BCUT2D eigenvalue weighted by Gasteiger charge is 2.46. The standard InChI is InChI=1S/C35H33NO7/c1-22-17-26(14-16-28(22)43-21-23-9-6-5-7-10-23)33(37)31-32(25-11-8-12-27(19-25)40-2)36(35(39)34(31)38)20-24-13-15-29(41-3)30(18-24)42-4/h5-19,32,37H,20-21H2,1-4H3/b33-31-. The molecule has 0 bridgehead atoms. The number of aryl methyl sites for hydroxylation is 1. The van der Waals surface area contributed by atoms with Crippen molar-refractivity contribution in [1.82, 2.24) is 4.90 Å². The molecule has 1 saturated heterocycles. The van der Waals surface area contributed by atoms with Crippen molar-refractivity contribution in [2.24, 2.45) is 0 Å². The summed E-state index contributed by atoms with van der Waals surface area (Å²) in [6, 6.07) is 26.6. The average Bonchev–Trinajstić information content (AvgIpc) is 3.29. The highest BCUT2D eigenvalue weighted by Crippen LogP contribution is 2.42. The average molecular weight is 580 g/mol. The first-order valence-electron chi connectivity index (χ1n) is 13.8. The molecule has 4 aromatic carbocycles. The number of benzene rings is 4. The third-order valence-electron chi connectivity index (χ3n) is 7.44. The number of rotatable bonds is 10. The zero-order valence-electron chi connectivity index (χ0n) is 24.5. The number of carbonyl (C=O) groups excluding carboxylic acids is 2. The second kappa shape index (κ2) is 12.7. The highest BCUT2D eigenvalue weighted by atomic mass is 16.5. The number of likely N-dealkylation sites (tertiary alicyclic amines) is 1. The third-order valence-corrected chi connectivity index (χ3v) is 7.44. The van der Waals surface area contributed by atoms with E-state index < -0.39 is 17.7 Å². The van der Waals surface area contributed by atoms with Gasteiger partial charge in [-0.1, -0.05) is 48.5 Å². The Balaban J connectivity index is 1.54. The molecule has 4 aromatic rings. The van der Waals surface area contributed by atoms with Crippen molar-refractivity contribution in [2.45, 2.75) is 26.1 Å². The number of nitrogens with zero attached hydrogens (tertiary/aromatic N) is 1. The maximum Gasteiger partial charge on any atom is 0.295 e. The van der Waals surface area contributed by atoms with Crippen LogP contribution >= 0.6 is 0 Å². The van der Waals surface area contributed by atoms with Crippen LogP contribution < -0.4 is 18.9 Å². The van der Waals surface area contributed by atoms with E-state index >= 15 is 0 Å². The number of methoxy groups -OCH3 is 3. The van der Waals surface area contributed by atoms with E-state index in [2.05, 4.69) is 0 Å². The van der Waals surface area contributed by atoms with Gasteiger partial charge in [-0.05, 0) is 71.6 Å². The Kier molecular flexibility index (Phi) is 8.66. The second-order valence-corrected chi connectivity index (χ2v) is 10.1. The van der Waals surface area contributed by atoms with E-state index in [0.29, 0.717) is 40.7 Å². The van der Waals surface area contributed by atoms with Crippen LogP contribution in [0.2, 0.25) is 0 Å². The SMILES string of the molecule is COc1cccc(C2/C(=C(/O)c3ccc(OCc4ccccc4)c(C)c3)C(=O)C(=O)N2Cc2ccc(OC)c(OC)c2)c1. The molecule has 0 spiro atoms. The Morgan fingerprint density at radius 1 is 0.767 bits per heavy atom. The van der Waals surface area contributed by atoms with Crippen LogP contribution in [0.1, 0.15) is 33.9 Å². The minimum absolute atomic E-state index is 0.00363. The molecule has 220 valence electrons. The van der Waals surface area contributed by atoms with E-state index in [0.717, 1.165) is 16.7 Å². The van der Waals surface area contributed by atoms with Crippen LogP contribution in [-0.4, -0.2) is 43.0 Å². The molecule has 43 heavy (non-hydrogen) atoms. The number of aliphatic hydroxyl groups excluding tert-OH is 1. The van der Waals surface area contributed by atoms with Gasteiger partial charge in [-0.3, -0.25) is 9.59 Å². The van der Waals surface area contributed by atoms with Gasteiger partial charge in [-0.25, -0.2) is 0 Å². The van der Waals surface area contributed by atoms with Crippen molar-refractivity contribution < 1.29 is 33.6 Å². The molecular weight excluding hydrogens is 546 g/mol. The molecule has 1 unspecified atom stereocenters. The van der Waals surface area contributed by atoms with Gasteiger partial charge >= 0.3 is 0 Å². The minimum atomic E-state index is -0.863. The molecule has 1 fully saturated rings. The predicted octanol–water partition coefficient (Wildman–Crippen LogP) is 6.22. The number of Topliss-reactive ketones (excluding diaryl/α,β-unsaturated/α-hetero) is 1. The molecule has 5 rings (SSSR count). The number of amides is 1. The summed E-state index contributed by atoms with van der Waals surface area (Å²) in [5.74, 6) is 0.502. The smallest absolute Gasteiger partial charge is 0.295 e. The third kappa shape index (κ3) is 6.04. The molecule has 8 heteroatoms. The lowest BCUT2D eigenvalue weighted by molar-refractivity contribution is -0.140. The molecule has 1 aliphatic rings. The van der Waals surface area contributed by atoms with Gasteiger partial charge in [0.05, 0.1) is 32.9 Å². The number of hydrogen-bond donors (Lipinski definition) is 1. The lowest BCUT2D eigenvalue weighted by Gasteiger charge is -2.26. The molecule has 8 nitrogen and oxygen atoms in total. The van der Waals surface area contributed by atoms with Crippen LogP contribution in [-0.2, 0) is 22.7 Å². The van der Waals surface area contributed by atoms with Gasteiger partial charge in [0.1, 0.15) is 23.9 Å². The van der Waals surface area contributed by atoms with Crippen LogP contribution in [0.25, 0.3) is 5.76 Å². The van der Waals surface area contributed by atoms with Crippen LogP contribution in [0.5, 0.6) is 23.0 Å². The molecule has 1 amide bonds. The molecule has 0 aromatic heterocycles. The van der Waals surface area contributed by atoms with E-state index in [4.69, 9.17) is 18.9 Å². The molecular formula is C35H33NO7. The van der Waals surface area contributed by atoms with Crippen molar-refractivity contribution in [3.8, 4) is 23.0 Å². The van der Waals surface area contributed by atoms with Crippen LogP contribution in [0.15, 0.2) is 96.6 Å². The van der Waals surface area contributed by atoms with Crippen molar-refractivity contribution >= 4 is 17.4 Å². The fourth-order valence-electron chi connectivity index (χ4n) is 5.23. The fraction of sp³-hybridized carbons (Fsp3) is 0.200.